The third-order valence-electron chi connectivity index (χ3n) is 4.56. The van der Waals surface area contributed by atoms with Crippen LogP contribution in [0.25, 0.3) is 22.2 Å². The quantitative estimate of drug-likeness (QED) is 0.536. The maximum Gasteiger partial charge on any atom is 0.341 e. The second-order valence-electron chi connectivity index (χ2n) is 6.43. The molecule has 0 spiro atoms. The first-order valence-corrected chi connectivity index (χ1v) is 9.38. The second-order valence-corrected chi connectivity index (χ2v) is 6.43. The molecule has 0 aliphatic heterocycles. The van der Waals surface area contributed by atoms with Gasteiger partial charge < -0.3 is 15.2 Å². The molecule has 2 N–H and O–H groups in total. The molecule has 0 aliphatic carbocycles. The van der Waals surface area contributed by atoms with Gasteiger partial charge in [-0.2, -0.15) is 0 Å². The van der Waals surface area contributed by atoms with Gasteiger partial charge in [-0.05, 0) is 49.7 Å². The van der Waals surface area contributed by atoms with Gasteiger partial charge in [-0.15, -0.1) is 0 Å². The molecule has 2 aromatic heterocycles. The van der Waals surface area contributed by atoms with Gasteiger partial charge in [0.15, 0.2) is 11.3 Å². The van der Waals surface area contributed by atoms with Crippen LogP contribution in [0.4, 0.5) is 5.82 Å². The molecular weight excluding hydrogens is 356 g/mol. The van der Waals surface area contributed by atoms with E-state index in [0.717, 1.165) is 6.42 Å². The van der Waals surface area contributed by atoms with E-state index < -0.39 is 0 Å². The molecule has 4 aromatic rings. The number of para-hydroxylation sites is 2. The fourth-order valence-corrected chi connectivity index (χ4v) is 3.31. The minimum absolute atomic E-state index is 0.147. The van der Waals surface area contributed by atoms with Gasteiger partial charge in [0, 0.05) is 6.54 Å². The van der Waals surface area contributed by atoms with Gasteiger partial charge in [0.05, 0.1) is 23.3 Å². The summed E-state index contributed by atoms with van der Waals surface area (Å²) in [6.07, 6.45) is 0.894. The van der Waals surface area contributed by atoms with Crippen LogP contribution in [0.5, 0.6) is 11.6 Å². The Morgan fingerprint density at radius 3 is 2.57 bits per heavy atom. The summed E-state index contributed by atoms with van der Waals surface area (Å²) in [5.41, 5.74) is 1.89. The van der Waals surface area contributed by atoms with E-state index in [4.69, 9.17) is 4.74 Å². The van der Waals surface area contributed by atoms with Crippen molar-refractivity contribution < 1.29 is 9.84 Å². The summed E-state index contributed by atoms with van der Waals surface area (Å²) in [6, 6.07) is 14.4. The predicted molar refractivity (Wildman–Crippen MR) is 110 cm³/mol. The Labute approximate surface area is 161 Å². The lowest BCUT2D eigenvalue weighted by atomic mass is 10.3. The zero-order valence-corrected chi connectivity index (χ0v) is 15.8. The highest BCUT2D eigenvalue weighted by molar-refractivity contribution is 5.87. The van der Waals surface area contributed by atoms with Gasteiger partial charge in [0.2, 0.25) is 5.88 Å². The van der Waals surface area contributed by atoms with Crippen LogP contribution < -0.4 is 15.7 Å². The fraction of sp³-hybridized carbons (Fsp3) is 0.238. The van der Waals surface area contributed by atoms with Gasteiger partial charge in [-0.25, -0.2) is 14.3 Å². The predicted octanol–water partition coefficient (Wildman–Crippen LogP) is 3.56. The van der Waals surface area contributed by atoms with Crippen LogP contribution in [-0.4, -0.2) is 32.2 Å². The average Bonchev–Trinajstić information content (AvgIpc) is 2.98. The number of benzene rings is 2. The van der Waals surface area contributed by atoms with Crippen molar-refractivity contribution in [1.29, 1.82) is 0 Å². The van der Waals surface area contributed by atoms with E-state index in [1.165, 1.54) is 8.97 Å². The van der Waals surface area contributed by atoms with E-state index in [0.29, 0.717) is 47.0 Å². The molecule has 144 valence electrons. The van der Waals surface area contributed by atoms with Crippen molar-refractivity contribution in [3.05, 3.63) is 59.0 Å². The van der Waals surface area contributed by atoms with Crippen LogP contribution in [0.2, 0.25) is 0 Å². The lowest BCUT2D eigenvalue weighted by Gasteiger charge is -2.09. The number of hydrogen-bond donors (Lipinski definition) is 2. The molecule has 0 radical (unpaired) electrons. The lowest BCUT2D eigenvalue weighted by molar-refractivity contribution is 0.340. The van der Waals surface area contributed by atoms with Crippen molar-refractivity contribution in [2.24, 2.45) is 0 Å². The Bertz CT molecular complexity index is 1190. The standard InChI is InChI=1S/C21H22N4O3/c1-3-13-22-19-18-20(26)24(14-9-11-15(12-10-14)28-4-2)21(27)25(18)17-8-6-5-7-16(17)23-19/h5-12,26H,3-4,13H2,1-2H3,(H,22,23). The Balaban J connectivity index is 2.00. The Morgan fingerprint density at radius 2 is 1.86 bits per heavy atom. The van der Waals surface area contributed by atoms with Crippen molar-refractivity contribution in [2.75, 3.05) is 18.5 Å². The smallest absolute Gasteiger partial charge is 0.341 e. The van der Waals surface area contributed by atoms with E-state index in [1.807, 2.05) is 38.1 Å². The van der Waals surface area contributed by atoms with Crippen molar-refractivity contribution in [3.63, 3.8) is 0 Å². The summed E-state index contributed by atoms with van der Waals surface area (Å²) < 4.78 is 8.26. The molecule has 0 saturated carbocycles. The highest BCUT2D eigenvalue weighted by Gasteiger charge is 2.21. The average molecular weight is 378 g/mol. The largest absolute Gasteiger partial charge is 0.494 e. The van der Waals surface area contributed by atoms with E-state index in [1.54, 1.807) is 24.3 Å². The monoisotopic (exact) mass is 378 g/mol. The van der Waals surface area contributed by atoms with Gasteiger partial charge >= 0.3 is 5.69 Å². The zero-order chi connectivity index (χ0) is 19.7. The van der Waals surface area contributed by atoms with Crippen LogP contribution >= 0.6 is 0 Å². The molecule has 28 heavy (non-hydrogen) atoms. The molecule has 2 aromatic carbocycles. The molecule has 0 aliphatic rings. The Kier molecular flexibility index (Phi) is 4.65. The molecule has 7 heteroatoms. The maximum absolute atomic E-state index is 13.3. The van der Waals surface area contributed by atoms with Crippen molar-refractivity contribution in [3.8, 4) is 17.3 Å². The number of hydrogen-bond acceptors (Lipinski definition) is 5. The number of nitrogens with zero attached hydrogens (tertiary/aromatic N) is 3. The molecule has 2 heterocycles. The molecule has 0 unspecified atom stereocenters. The van der Waals surface area contributed by atoms with E-state index in [-0.39, 0.29) is 11.6 Å². The number of anilines is 1. The van der Waals surface area contributed by atoms with Gasteiger partial charge in [0.25, 0.3) is 0 Å². The first-order chi connectivity index (χ1) is 13.7. The summed E-state index contributed by atoms with van der Waals surface area (Å²) in [5, 5.41) is 14.2. The number of rotatable bonds is 6. The number of aromatic hydroxyl groups is 1. The Morgan fingerprint density at radius 1 is 1.11 bits per heavy atom. The molecule has 0 saturated heterocycles. The number of fused-ring (bicyclic) bond motifs is 3. The molecule has 4 rings (SSSR count). The molecule has 0 amide bonds. The molecule has 7 nitrogen and oxygen atoms in total. The third kappa shape index (κ3) is 2.85. The van der Waals surface area contributed by atoms with Crippen molar-refractivity contribution in [1.82, 2.24) is 14.0 Å². The number of ether oxygens (including phenoxy) is 1. The molecule has 0 bridgehead atoms. The first kappa shape index (κ1) is 17.9. The molecular formula is C21H22N4O3. The van der Waals surface area contributed by atoms with Crippen molar-refractivity contribution >= 4 is 22.4 Å². The van der Waals surface area contributed by atoms with Crippen LogP contribution in [0.1, 0.15) is 20.3 Å². The first-order valence-electron chi connectivity index (χ1n) is 9.38. The summed E-state index contributed by atoms with van der Waals surface area (Å²) in [5.74, 6) is 1.05. The van der Waals surface area contributed by atoms with Crippen LogP contribution in [0.3, 0.4) is 0 Å². The maximum atomic E-state index is 13.3. The lowest BCUT2D eigenvalue weighted by Crippen LogP contribution is -2.19. The van der Waals surface area contributed by atoms with Crippen molar-refractivity contribution in [2.45, 2.75) is 20.3 Å². The Hall–Kier alpha value is -3.48. The van der Waals surface area contributed by atoms with E-state index >= 15 is 0 Å². The third-order valence-corrected chi connectivity index (χ3v) is 4.56. The van der Waals surface area contributed by atoms with Gasteiger partial charge in [-0.3, -0.25) is 4.40 Å². The SMILES string of the molecule is CCCNc1nc2ccccc2n2c(=O)n(-c3ccc(OCC)cc3)c(O)c12. The van der Waals surface area contributed by atoms with Gasteiger partial charge in [-0.1, -0.05) is 19.1 Å². The fourth-order valence-electron chi connectivity index (χ4n) is 3.31. The summed E-state index contributed by atoms with van der Waals surface area (Å²) >= 11 is 0. The van der Waals surface area contributed by atoms with Crippen LogP contribution in [0, 0.1) is 0 Å². The normalized spacial score (nSPS) is 11.2. The second kappa shape index (κ2) is 7.26. The topological polar surface area (TPSA) is 80.8 Å². The van der Waals surface area contributed by atoms with E-state index in [2.05, 4.69) is 10.3 Å². The number of aromatic nitrogens is 3. The summed E-state index contributed by atoms with van der Waals surface area (Å²) in [4.78, 5) is 17.9. The summed E-state index contributed by atoms with van der Waals surface area (Å²) in [7, 11) is 0. The van der Waals surface area contributed by atoms with Crippen LogP contribution in [0.15, 0.2) is 53.3 Å². The minimum atomic E-state index is -0.352. The highest BCUT2D eigenvalue weighted by atomic mass is 16.5. The molecule has 0 atom stereocenters. The highest BCUT2D eigenvalue weighted by Crippen LogP contribution is 2.30. The van der Waals surface area contributed by atoms with E-state index in [9.17, 15) is 9.90 Å². The minimum Gasteiger partial charge on any atom is -0.494 e. The van der Waals surface area contributed by atoms with Gasteiger partial charge in [0.1, 0.15) is 5.75 Å². The number of nitrogens with one attached hydrogen (secondary N) is 1. The molecule has 0 fully saturated rings. The van der Waals surface area contributed by atoms with Crippen LogP contribution in [-0.2, 0) is 0 Å². The zero-order valence-electron chi connectivity index (χ0n) is 15.8. The number of imidazole rings is 1. The summed E-state index contributed by atoms with van der Waals surface area (Å²) in [6.45, 7) is 5.20.